The molecule has 1 heteroatoms. The summed E-state index contributed by atoms with van der Waals surface area (Å²) in [4.78, 5) is 0. The Labute approximate surface area is 48.4 Å². The minimum atomic E-state index is 1.13. The maximum absolute atomic E-state index is 2.22. The highest BCUT2D eigenvalue weighted by atomic mass is 28.2. The minimum absolute atomic E-state index is 1.13. The average molecular weight is 112 g/mol. The van der Waals surface area contributed by atoms with Gasteiger partial charge in [0.15, 0.2) is 0 Å². The van der Waals surface area contributed by atoms with Crippen LogP contribution in [0.2, 0.25) is 12.1 Å². The van der Waals surface area contributed by atoms with Gasteiger partial charge in [-0.25, -0.2) is 0 Å². The Balaban J connectivity index is 2.69. The zero-order chi connectivity index (χ0) is 5.54. The van der Waals surface area contributed by atoms with E-state index in [1.165, 1.54) is 12.1 Å². The molecule has 0 saturated carbocycles. The van der Waals surface area contributed by atoms with Crippen molar-refractivity contribution in [3.05, 3.63) is 12.2 Å². The van der Waals surface area contributed by atoms with Gasteiger partial charge in [0.2, 0.25) is 0 Å². The fourth-order valence-corrected chi connectivity index (χ4v) is 1.04. The topological polar surface area (TPSA) is 0 Å². The molecule has 0 aliphatic carbocycles. The molecule has 0 amide bonds. The first kappa shape index (κ1) is 6.96. The Hall–Kier alpha value is -0.0431. The van der Waals surface area contributed by atoms with E-state index in [4.69, 9.17) is 0 Å². The van der Waals surface area contributed by atoms with Gasteiger partial charge < -0.3 is 0 Å². The largest absolute Gasteiger partial charge is 0.0920 e. The molecule has 0 nitrogen and oxygen atoms in total. The molecule has 0 N–H and O–H groups in total. The van der Waals surface area contributed by atoms with Crippen molar-refractivity contribution in [2.45, 2.75) is 25.9 Å². The van der Waals surface area contributed by atoms with Crippen LogP contribution in [0, 0.1) is 0 Å². The standard InChI is InChI=1S/C6H12Si/c1-3-5-6-7-4-2/h3,5H,4,6H2,1-2H3/b5-3-. The van der Waals surface area contributed by atoms with Gasteiger partial charge >= 0.3 is 0 Å². The van der Waals surface area contributed by atoms with Crippen LogP contribution in [0.15, 0.2) is 12.2 Å². The Morgan fingerprint density at radius 2 is 2.29 bits per heavy atom. The third-order valence-electron chi connectivity index (χ3n) is 0.748. The van der Waals surface area contributed by atoms with Gasteiger partial charge in [0.25, 0.3) is 0 Å². The molecule has 0 unspecified atom stereocenters. The van der Waals surface area contributed by atoms with Gasteiger partial charge in [0.05, 0.1) is 0 Å². The van der Waals surface area contributed by atoms with Crippen molar-refractivity contribution < 1.29 is 0 Å². The number of rotatable bonds is 3. The van der Waals surface area contributed by atoms with Crippen molar-refractivity contribution in [1.82, 2.24) is 0 Å². The van der Waals surface area contributed by atoms with Crippen LogP contribution in [-0.4, -0.2) is 9.52 Å². The highest BCUT2D eigenvalue weighted by molar-refractivity contribution is 6.35. The summed E-state index contributed by atoms with van der Waals surface area (Å²) in [5.74, 6) is 0. The summed E-state index contributed by atoms with van der Waals surface area (Å²) >= 11 is 0. The van der Waals surface area contributed by atoms with E-state index in [9.17, 15) is 0 Å². The molecule has 0 rings (SSSR count). The summed E-state index contributed by atoms with van der Waals surface area (Å²) in [6.45, 7) is 4.29. The molecule has 0 atom stereocenters. The molecule has 0 heterocycles. The Morgan fingerprint density at radius 1 is 1.57 bits per heavy atom. The smallest absolute Gasteiger partial charge is 0.0417 e. The molecular formula is C6H12Si. The third-order valence-corrected chi connectivity index (χ3v) is 1.77. The first-order valence-electron chi connectivity index (χ1n) is 2.73. The van der Waals surface area contributed by atoms with Gasteiger partial charge in [-0.15, -0.1) is 0 Å². The highest BCUT2D eigenvalue weighted by Gasteiger charge is 1.75. The van der Waals surface area contributed by atoms with E-state index in [-0.39, 0.29) is 0 Å². The van der Waals surface area contributed by atoms with Crippen LogP contribution in [0.4, 0.5) is 0 Å². The molecular weight excluding hydrogens is 100 g/mol. The van der Waals surface area contributed by atoms with Crippen LogP contribution in [-0.2, 0) is 0 Å². The SMILES string of the molecule is C/C=C\C[Si]CC. The average Bonchev–Trinajstić information content (AvgIpc) is 1.69. The number of allylic oxidation sites excluding steroid dienone is 2. The summed E-state index contributed by atoms with van der Waals surface area (Å²) in [6, 6.07) is 2.62. The molecule has 7 heavy (non-hydrogen) atoms. The van der Waals surface area contributed by atoms with Gasteiger partial charge in [-0.2, -0.15) is 0 Å². The molecule has 0 aliphatic heterocycles. The van der Waals surface area contributed by atoms with Crippen molar-refractivity contribution in [1.29, 1.82) is 0 Å². The minimum Gasteiger partial charge on any atom is -0.0920 e. The zero-order valence-electron chi connectivity index (χ0n) is 5.07. The van der Waals surface area contributed by atoms with Crippen molar-refractivity contribution in [3.8, 4) is 0 Å². The summed E-state index contributed by atoms with van der Waals surface area (Å²) in [5, 5.41) is 0. The van der Waals surface area contributed by atoms with E-state index in [0.717, 1.165) is 9.52 Å². The monoisotopic (exact) mass is 112 g/mol. The lowest BCUT2D eigenvalue weighted by Crippen LogP contribution is -1.78. The predicted molar refractivity (Wildman–Crippen MR) is 35.9 cm³/mol. The molecule has 0 bridgehead atoms. The maximum atomic E-state index is 2.22. The number of hydrogen-bond donors (Lipinski definition) is 0. The second-order valence-corrected chi connectivity index (χ2v) is 2.99. The lowest BCUT2D eigenvalue weighted by molar-refractivity contribution is 1.42. The first-order chi connectivity index (χ1) is 3.41. The first-order valence-corrected chi connectivity index (χ1v) is 4.15. The molecule has 0 aromatic rings. The van der Waals surface area contributed by atoms with E-state index in [2.05, 4.69) is 26.0 Å². The van der Waals surface area contributed by atoms with Crippen molar-refractivity contribution in [2.24, 2.45) is 0 Å². The summed E-state index contributed by atoms with van der Waals surface area (Å²) in [7, 11) is 1.13. The fraction of sp³-hybridized carbons (Fsp3) is 0.667. The molecule has 0 aromatic heterocycles. The summed E-state index contributed by atoms with van der Waals surface area (Å²) < 4.78 is 0. The molecule has 2 radical (unpaired) electrons. The van der Waals surface area contributed by atoms with E-state index in [0.29, 0.717) is 0 Å². The lowest BCUT2D eigenvalue weighted by atomic mass is 10.6. The van der Waals surface area contributed by atoms with Gasteiger partial charge in [-0.3, -0.25) is 0 Å². The summed E-state index contributed by atoms with van der Waals surface area (Å²) in [6.07, 6.45) is 4.34. The Kier molecular flexibility index (Phi) is 5.92. The lowest BCUT2D eigenvalue weighted by Gasteiger charge is -1.81. The van der Waals surface area contributed by atoms with Crippen LogP contribution < -0.4 is 0 Å². The van der Waals surface area contributed by atoms with E-state index >= 15 is 0 Å². The Morgan fingerprint density at radius 3 is 2.71 bits per heavy atom. The molecule has 0 aromatic carbocycles. The predicted octanol–water partition coefficient (Wildman–Crippen LogP) is 2.12. The van der Waals surface area contributed by atoms with Gasteiger partial charge in [-0.05, 0) is 13.0 Å². The highest BCUT2D eigenvalue weighted by Crippen LogP contribution is 1.84. The second kappa shape index (κ2) is 5.96. The second-order valence-electron chi connectivity index (χ2n) is 1.38. The van der Waals surface area contributed by atoms with Crippen LogP contribution in [0.5, 0.6) is 0 Å². The van der Waals surface area contributed by atoms with Crippen LogP contribution in [0.25, 0.3) is 0 Å². The van der Waals surface area contributed by atoms with Crippen LogP contribution in [0.1, 0.15) is 13.8 Å². The van der Waals surface area contributed by atoms with E-state index < -0.39 is 0 Å². The van der Waals surface area contributed by atoms with E-state index in [1.807, 2.05) is 0 Å². The zero-order valence-corrected chi connectivity index (χ0v) is 6.07. The fourth-order valence-electron chi connectivity index (χ4n) is 0.346. The number of hydrogen-bond acceptors (Lipinski definition) is 0. The Bertz CT molecular complexity index is 48.1. The molecule has 0 fully saturated rings. The van der Waals surface area contributed by atoms with Crippen LogP contribution in [0.3, 0.4) is 0 Å². The maximum Gasteiger partial charge on any atom is 0.0417 e. The van der Waals surface area contributed by atoms with Gasteiger partial charge in [0.1, 0.15) is 0 Å². The van der Waals surface area contributed by atoms with Crippen molar-refractivity contribution in [3.63, 3.8) is 0 Å². The van der Waals surface area contributed by atoms with E-state index in [1.54, 1.807) is 0 Å². The van der Waals surface area contributed by atoms with Gasteiger partial charge in [-0.1, -0.05) is 25.1 Å². The molecule has 0 spiro atoms. The quantitative estimate of drug-likeness (QED) is 0.298. The molecule has 0 aliphatic rings. The van der Waals surface area contributed by atoms with Crippen molar-refractivity contribution >= 4 is 9.52 Å². The third kappa shape index (κ3) is 5.96. The van der Waals surface area contributed by atoms with Crippen molar-refractivity contribution in [2.75, 3.05) is 0 Å². The molecule has 40 valence electrons. The normalized spacial score (nSPS) is 10.6. The molecule has 0 saturated heterocycles. The van der Waals surface area contributed by atoms with Crippen LogP contribution >= 0.6 is 0 Å². The van der Waals surface area contributed by atoms with Gasteiger partial charge in [0, 0.05) is 9.52 Å². The summed E-state index contributed by atoms with van der Waals surface area (Å²) in [5.41, 5.74) is 0.